The molecule has 1 saturated heterocycles. The molecular weight excluding hydrogens is 466 g/mol. The van der Waals surface area contributed by atoms with Crippen LogP contribution in [0.5, 0.6) is 5.75 Å². The summed E-state index contributed by atoms with van der Waals surface area (Å²) < 4.78 is 5.62. The smallest absolute Gasteiger partial charge is 0.262 e. The second-order valence-electron chi connectivity index (χ2n) is 9.37. The highest BCUT2D eigenvalue weighted by atomic mass is 16.5. The molecule has 1 atom stereocenters. The summed E-state index contributed by atoms with van der Waals surface area (Å²) >= 11 is 0. The minimum absolute atomic E-state index is 0.0889. The molecule has 0 radical (unpaired) electrons. The number of ether oxygens (including phenoxy) is 1. The highest BCUT2D eigenvalue weighted by molar-refractivity contribution is 6.00. The van der Waals surface area contributed by atoms with Gasteiger partial charge in [-0.2, -0.15) is 0 Å². The van der Waals surface area contributed by atoms with Gasteiger partial charge in [0.2, 0.25) is 11.8 Å². The summed E-state index contributed by atoms with van der Waals surface area (Å²) in [5.41, 5.74) is 5.88. The minimum Gasteiger partial charge on any atom is -0.484 e. The zero-order valence-electron chi connectivity index (χ0n) is 21.5. The molecule has 1 aliphatic heterocycles. The Labute approximate surface area is 217 Å². The van der Waals surface area contributed by atoms with Gasteiger partial charge in [0.15, 0.2) is 6.61 Å². The zero-order chi connectivity index (χ0) is 26.4. The fourth-order valence-electron chi connectivity index (χ4n) is 4.30. The van der Waals surface area contributed by atoms with Crippen molar-refractivity contribution in [1.82, 2.24) is 5.32 Å². The average Bonchev–Trinajstić information content (AvgIpc) is 3.31. The lowest BCUT2D eigenvalue weighted by Crippen LogP contribution is -2.32. The first-order chi connectivity index (χ1) is 17.8. The average molecular weight is 500 g/mol. The Morgan fingerprint density at radius 1 is 0.973 bits per heavy atom. The molecule has 0 bridgehead atoms. The Morgan fingerprint density at radius 3 is 2.38 bits per heavy atom. The lowest BCUT2D eigenvalue weighted by Gasteiger charge is -2.17. The molecular formula is C30H33N3O4. The SMILES string of the molecule is CCc1ccc(CNC(=O)[C@@H]2CC(=O)N(c3ccc(OCC(=O)Nc4cccc(C)c4C)cc3)C2)cc1. The number of aryl methyl sites for hydroxylation is 2. The van der Waals surface area contributed by atoms with Crippen molar-refractivity contribution in [2.45, 2.75) is 40.2 Å². The van der Waals surface area contributed by atoms with Gasteiger partial charge in [0.1, 0.15) is 5.75 Å². The molecule has 0 saturated carbocycles. The minimum atomic E-state index is -0.396. The third-order valence-electron chi connectivity index (χ3n) is 6.79. The van der Waals surface area contributed by atoms with E-state index in [4.69, 9.17) is 4.74 Å². The second-order valence-corrected chi connectivity index (χ2v) is 9.37. The zero-order valence-corrected chi connectivity index (χ0v) is 21.5. The summed E-state index contributed by atoms with van der Waals surface area (Å²) in [4.78, 5) is 39.2. The van der Waals surface area contributed by atoms with E-state index in [-0.39, 0.29) is 30.7 Å². The van der Waals surface area contributed by atoms with Crippen LogP contribution < -0.4 is 20.3 Å². The van der Waals surface area contributed by atoms with E-state index in [0.717, 1.165) is 28.8 Å². The van der Waals surface area contributed by atoms with Gasteiger partial charge in [0, 0.05) is 30.9 Å². The topological polar surface area (TPSA) is 87.7 Å². The lowest BCUT2D eigenvalue weighted by atomic mass is 10.1. The maximum absolute atomic E-state index is 12.7. The Kier molecular flexibility index (Phi) is 8.23. The van der Waals surface area contributed by atoms with E-state index in [0.29, 0.717) is 24.5 Å². The van der Waals surface area contributed by atoms with Crippen molar-refractivity contribution in [3.63, 3.8) is 0 Å². The maximum atomic E-state index is 12.7. The van der Waals surface area contributed by atoms with Crippen LogP contribution in [-0.2, 0) is 27.3 Å². The van der Waals surface area contributed by atoms with Gasteiger partial charge in [0.05, 0.1) is 5.92 Å². The van der Waals surface area contributed by atoms with Crippen LogP contribution in [0.15, 0.2) is 66.7 Å². The van der Waals surface area contributed by atoms with Crippen molar-refractivity contribution >= 4 is 29.1 Å². The van der Waals surface area contributed by atoms with Gasteiger partial charge in [-0.05, 0) is 72.9 Å². The van der Waals surface area contributed by atoms with Crippen molar-refractivity contribution in [2.75, 3.05) is 23.4 Å². The van der Waals surface area contributed by atoms with Crippen LogP contribution in [0.1, 0.15) is 35.6 Å². The number of amides is 3. The molecule has 192 valence electrons. The summed E-state index contributed by atoms with van der Waals surface area (Å²) in [6, 6.07) is 20.9. The van der Waals surface area contributed by atoms with E-state index in [1.54, 1.807) is 29.2 Å². The van der Waals surface area contributed by atoms with Gasteiger partial charge in [0.25, 0.3) is 5.91 Å². The summed E-state index contributed by atoms with van der Waals surface area (Å²) in [5.74, 6) is -0.330. The van der Waals surface area contributed by atoms with E-state index >= 15 is 0 Å². The van der Waals surface area contributed by atoms with E-state index in [9.17, 15) is 14.4 Å². The molecule has 1 fully saturated rings. The Balaban J connectivity index is 1.26. The summed E-state index contributed by atoms with van der Waals surface area (Å²) in [6.45, 7) is 6.71. The molecule has 2 N–H and O–H groups in total. The fourth-order valence-corrected chi connectivity index (χ4v) is 4.30. The van der Waals surface area contributed by atoms with Crippen molar-refractivity contribution in [2.24, 2.45) is 5.92 Å². The first-order valence-electron chi connectivity index (χ1n) is 12.6. The largest absolute Gasteiger partial charge is 0.484 e. The first-order valence-corrected chi connectivity index (χ1v) is 12.6. The molecule has 3 amide bonds. The quantitative estimate of drug-likeness (QED) is 0.452. The number of hydrogen-bond donors (Lipinski definition) is 2. The second kappa shape index (κ2) is 11.7. The molecule has 0 spiro atoms. The third-order valence-corrected chi connectivity index (χ3v) is 6.79. The Bertz CT molecular complexity index is 1270. The molecule has 0 unspecified atom stereocenters. The lowest BCUT2D eigenvalue weighted by molar-refractivity contribution is -0.126. The van der Waals surface area contributed by atoms with Crippen LogP contribution in [-0.4, -0.2) is 30.9 Å². The van der Waals surface area contributed by atoms with Gasteiger partial charge >= 0.3 is 0 Å². The molecule has 7 nitrogen and oxygen atoms in total. The molecule has 0 aliphatic carbocycles. The Morgan fingerprint density at radius 2 is 1.68 bits per heavy atom. The molecule has 3 aromatic rings. The monoisotopic (exact) mass is 499 g/mol. The highest BCUT2D eigenvalue weighted by Gasteiger charge is 2.35. The number of benzene rings is 3. The summed E-state index contributed by atoms with van der Waals surface area (Å²) in [5, 5.41) is 5.83. The molecule has 37 heavy (non-hydrogen) atoms. The van der Waals surface area contributed by atoms with Crippen LogP contribution in [0.4, 0.5) is 11.4 Å². The molecule has 1 aliphatic rings. The van der Waals surface area contributed by atoms with Crippen LogP contribution in [0.2, 0.25) is 0 Å². The van der Waals surface area contributed by atoms with E-state index in [2.05, 4.69) is 29.7 Å². The molecule has 0 aromatic heterocycles. The van der Waals surface area contributed by atoms with Crippen LogP contribution in [0, 0.1) is 19.8 Å². The number of carbonyl (C=O) groups excluding carboxylic acids is 3. The van der Waals surface area contributed by atoms with Crippen molar-refractivity contribution in [1.29, 1.82) is 0 Å². The number of carbonyl (C=O) groups is 3. The summed E-state index contributed by atoms with van der Waals surface area (Å²) in [7, 11) is 0. The van der Waals surface area contributed by atoms with Gasteiger partial charge in [-0.3, -0.25) is 14.4 Å². The van der Waals surface area contributed by atoms with Gasteiger partial charge in [-0.25, -0.2) is 0 Å². The number of nitrogens with zero attached hydrogens (tertiary/aromatic N) is 1. The molecule has 7 heteroatoms. The normalized spacial score (nSPS) is 14.9. The van der Waals surface area contributed by atoms with Crippen molar-refractivity contribution in [3.05, 3.63) is 89.0 Å². The third kappa shape index (κ3) is 6.55. The maximum Gasteiger partial charge on any atom is 0.262 e. The standard InChI is InChI=1S/C30H33N3O4/c1-4-22-8-10-23(11-9-22)17-31-30(36)24-16-29(35)33(18-24)25-12-14-26(15-13-25)37-19-28(34)32-27-7-5-6-20(2)21(27)3/h5-15,24H,4,16-19H2,1-3H3,(H,31,36)(H,32,34)/t24-/m1/s1. The van der Waals surface area contributed by atoms with Crippen molar-refractivity contribution in [3.8, 4) is 5.75 Å². The molecule has 4 rings (SSSR count). The van der Waals surface area contributed by atoms with Crippen molar-refractivity contribution < 1.29 is 19.1 Å². The van der Waals surface area contributed by atoms with E-state index in [1.807, 2.05) is 44.2 Å². The van der Waals surface area contributed by atoms with E-state index in [1.165, 1.54) is 5.56 Å². The predicted molar refractivity (Wildman–Crippen MR) is 145 cm³/mol. The molecule has 3 aromatic carbocycles. The summed E-state index contributed by atoms with van der Waals surface area (Å²) in [6.07, 6.45) is 1.15. The van der Waals surface area contributed by atoms with E-state index < -0.39 is 5.92 Å². The molecule has 1 heterocycles. The van der Waals surface area contributed by atoms with Crippen LogP contribution in [0.3, 0.4) is 0 Å². The number of rotatable bonds is 9. The highest BCUT2D eigenvalue weighted by Crippen LogP contribution is 2.27. The first kappa shape index (κ1) is 25.9. The van der Waals surface area contributed by atoms with Gasteiger partial charge in [-0.15, -0.1) is 0 Å². The Hall–Kier alpha value is -4.13. The van der Waals surface area contributed by atoms with Gasteiger partial charge < -0.3 is 20.3 Å². The van der Waals surface area contributed by atoms with Gasteiger partial charge in [-0.1, -0.05) is 43.3 Å². The van der Waals surface area contributed by atoms with Crippen LogP contribution in [0.25, 0.3) is 0 Å². The fraction of sp³-hybridized carbons (Fsp3) is 0.300. The number of anilines is 2. The van der Waals surface area contributed by atoms with Crippen LogP contribution >= 0.6 is 0 Å². The number of nitrogens with one attached hydrogen (secondary N) is 2. The number of hydrogen-bond acceptors (Lipinski definition) is 4. The predicted octanol–water partition coefficient (Wildman–Crippen LogP) is 4.55.